The predicted molar refractivity (Wildman–Crippen MR) is 113 cm³/mol. The SMILES string of the molecule is CCN(CC)c1ccc(N(CCNC(=O)c2ccc(OC)cc2)C(C)=O)cc1. The van der Waals surface area contributed by atoms with Crippen LogP contribution in [-0.2, 0) is 4.79 Å². The van der Waals surface area contributed by atoms with Gasteiger partial charge in [0.2, 0.25) is 5.91 Å². The van der Waals surface area contributed by atoms with E-state index in [9.17, 15) is 9.59 Å². The van der Waals surface area contributed by atoms with Gasteiger partial charge in [-0.1, -0.05) is 0 Å². The van der Waals surface area contributed by atoms with Gasteiger partial charge in [-0.2, -0.15) is 0 Å². The summed E-state index contributed by atoms with van der Waals surface area (Å²) >= 11 is 0. The fraction of sp³-hybridized carbons (Fsp3) is 0.364. The summed E-state index contributed by atoms with van der Waals surface area (Å²) in [6.07, 6.45) is 0. The summed E-state index contributed by atoms with van der Waals surface area (Å²) in [4.78, 5) is 28.3. The Hall–Kier alpha value is -3.02. The van der Waals surface area contributed by atoms with Gasteiger partial charge in [0.25, 0.3) is 5.91 Å². The summed E-state index contributed by atoms with van der Waals surface area (Å²) in [7, 11) is 1.58. The molecule has 0 aliphatic carbocycles. The van der Waals surface area contributed by atoms with Crippen LogP contribution in [0.2, 0.25) is 0 Å². The van der Waals surface area contributed by atoms with Crippen LogP contribution in [0, 0.1) is 0 Å². The molecule has 0 aliphatic rings. The lowest BCUT2D eigenvalue weighted by Gasteiger charge is -2.24. The van der Waals surface area contributed by atoms with Crippen molar-refractivity contribution in [1.82, 2.24) is 5.32 Å². The topological polar surface area (TPSA) is 61.9 Å². The van der Waals surface area contributed by atoms with Crippen molar-refractivity contribution >= 4 is 23.2 Å². The van der Waals surface area contributed by atoms with Gasteiger partial charge in [0, 0.05) is 50.0 Å². The predicted octanol–water partition coefficient (Wildman–Crippen LogP) is 3.32. The van der Waals surface area contributed by atoms with Gasteiger partial charge in [-0.25, -0.2) is 0 Å². The summed E-state index contributed by atoms with van der Waals surface area (Å²) in [5.74, 6) is 0.463. The molecule has 2 amide bonds. The Bertz CT molecular complexity index is 769. The van der Waals surface area contributed by atoms with E-state index in [-0.39, 0.29) is 11.8 Å². The fourth-order valence-electron chi connectivity index (χ4n) is 3.03. The molecule has 0 aliphatic heterocycles. The Balaban J connectivity index is 1.97. The van der Waals surface area contributed by atoms with Crippen LogP contribution < -0.4 is 19.9 Å². The quantitative estimate of drug-likeness (QED) is 0.722. The molecule has 0 heterocycles. The van der Waals surface area contributed by atoms with E-state index in [0.717, 1.165) is 24.5 Å². The van der Waals surface area contributed by atoms with Gasteiger partial charge in [-0.3, -0.25) is 9.59 Å². The molecule has 0 fully saturated rings. The average Bonchev–Trinajstić information content (AvgIpc) is 2.72. The number of ether oxygens (including phenoxy) is 1. The molecular weight excluding hydrogens is 354 g/mol. The van der Waals surface area contributed by atoms with E-state index >= 15 is 0 Å². The largest absolute Gasteiger partial charge is 0.497 e. The number of anilines is 2. The van der Waals surface area contributed by atoms with Crippen LogP contribution in [0.25, 0.3) is 0 Å². The third-order valence-electron chi connectivity index (χ3n) is 4.64. The van der Waals surface area contributed by atoms with E-state index in [4.69, 9.17) is 4.74 Å². The highest BCUT2D eigenvalue weighted by Gasteiger charge is 2.13. The fourth-order valence-corrected chi connectivity index (χ4v) is 3.03. The van der Waals surface area contributed by atoms with E-state index in [1.165, 1.54) is 6.92 Å². The minimum Gasteiger partial charge on any atom is -0.497 e. The Kier molecular flexibility index (Phi) is 7.87. The summed E-state index contributed by atoms with van der Waals surface area (Å²) in [5, 5.41) is 2.86. The summed E-state index contributed by atoms with van der Waals surface area (Å²) in [5.41, 5.74) is 2.51. The first-order chi connectivity index (χ1) is 13.5. The van der Waals surface area contributed by atoms with E-state index in [0.29, 0.717) is 24.4 Å². The highest BCUT2D eigenvalue weighted by molar-refractivity contribution is 5.95. The minimum absolute atomic E-state index is 0.0608. The number of nitrogens with one attached hydrogen (secondary N) is 1. The molecule has 6 nitrogen and oxygen atoms in total. The Morgan fingerprint density at radius 1 is 0.929 bits per heavy atom. The van der Waals surface area contributed by atoms with Crippen molar-refractivity contribution in [2.75, 3.05) is 43.1 Å². The van der Waals surface area contributed by atoms with Gasteiger partial charge in [0.15, 0.2) is 0 Å². The van der Waals surface area contributed by atoms with E-state index < -0.39 is 0 Å². The first kappa shape index (κ1) is 21.3. The number of carbonyl (C=O) groups is 2. The molecule has 2 aromatic rings. The number of carbonyl (C=O) groups excluding carboxylic acids is 2. The lowest BCUT2D eigenvalue weighted by atomic mass is 10.2. The second kappa shape index (κ2) is 10.3. The van der Waals surface area contributed by atoms with Crippen LogP contribution >= 0.6 is 0 Å². The van der Waals surface area contributed by atoms with Crippen LogP contribution in [0.1, 0.15) is 31.1 Å². The monoisotopic (exact) mass is 383 g/mol. The molecule has 2 rings (SSSR count). The van der Waals surface area contributed by atoms with Crippen molar-refractivity contribution in [1.29, 1.82) is 0 Å². The molecule has 0 saturated carbocycles. The van der Waals surface area contributed by atoms with Crippen LogP contribution in [0.15, 0.2) is 48.5 Å². The highest BCUT2D eigenvalue weighted by Crippen LogP contribution is 2.21. The third-order valence-corrected chi connectivity index (χ3v) is 4.64. The van der Waals surface area contributed by atoms with E-state index in [1.54, 1.807) is 36.3 Å². The number of hydrogen-bond donors (Lipinski definition) is 1. The summed E-state index contributed by atoms with van der Waals surface area (Å²) < 4.78 is 5.10. The molecule has 1 N–H and O–H groups in total. The molecular formula is C22H29N3O3. The highest BCUT2D eigenvalue weighted by atomic mass is 16.5. The van der Waals surface area contributed by atoms with E-state index in [1.807, 2.05) is 24.3 Å². The molecule has 0 unspecified atom stereocenters. The number of rotatable bonds is 9. The van der Waals surface area contributed by atoms with Crippen molar-refractivity contribution in [2.45, 2.75) is 20.8 Å². The molecule has 0 atom stereocenters. The molecule has 150 valence electrons. The van der Waals surface area contributed by atoms with Gasteiger partial charge < -0.3 is 19.9 Å². The van der Waals surface area contributed by atoms with Crippen molar-refractivity contribution < 1.29 is 14.3 Å². The molecule has 0 bridgehead atoms. The van der Waals surface area contributed by atoms with Crippen molar-refractivity contribution in [3.8, 4) is 5.75 Å². The standard InChI is InChI=1S/C22H29N3O3/c1-5-24(6-2)19-9-11-20(12-10-19)25(17(3)26)16-15-23-22(27)18-7-13-21(28-4)14-8-18/h7-14H,5-6,15-16H2,1-4H3,(H,23,27). The van der Waals surface area contributed by atoms with Gasteiger partial charge in [0.05, 0.1) is 7.11 Å². The molecule has 28 heavy (non-hydrogen) atoms. The normalized spacial score (nSPS) is 10.3. The van der Waals surface area contributed by atoms with Crippen LogP contribution in [0.4, 0.5) is 11.4 Å². The Morgan fingerprint density at radius 3 is 2.00 bits per heavy atom. The zero-order chi connectivity index (χ0) is 20.5. The Morgan fingerprint density at radius 2 is 1.50 bits per heavy atom. The zero-order valence-electron chi connectivity index (χ0n) is 17.1. The van der Waals surface area contributed by atoms with Crippen molar-refractivity contribution in [2.24, 2.45) is 0 Å². The third kappa shape index (κ3) is 5.49. The van der Waals surface area contributed by atoms with Gasteiger partial charge in [-0.15, -0.1) is 0 Å². The number of methoxy groups -OCH3 is 1. The second-order valence-electron chi connectivity index (χ2n) is 6.34. The maximum Gasteiger partial charge on any atom is 0.251 e. The van der Waals surface area contributed by atoms with E-state index in [2.05, 4.69) is 24.1 Å². The number of amides is 2. The zero-order valence-corrected chi connectivity index (χ0v) is 17.1. The minimum atomic E-state index is -0.178. The van der Waals surface area contributed by atoms with Crippen LogP contribution in [-0.4, -0.2) is 45.1 Å². The van der Waals surface area contributed by atoms with Gasteiger partial charge >= 0.3 is 0 Å². The molecule has 0 aromatic heterocycles. The number of nitrogens with zero attached hydrogens (tertiary/aromatic N) is 2. The molecule has 0 saturated heterocycles. The smallest absolute Gasteiger partial charge is 0.251 e. The lowest BCUT2D eigenvalue weighted by molar-refractivity contribution is -0.116. The molecule has 6 heteroatoms. The first-order valence-corrected chi connectivity index (χ1v) is 9.55. The maximum absolute atomic E-state index is 12.3. The van der Waals surface area contributed by atoms with Crippen molar-refractivity contribution in [3.63, 3.8) is 0 Å². The second-order valence-corrected chi connectivity index (χ2v) is 6.34. The van der Waals surface area contributed by atoms with Crippen molar-refractivity contribution in [3.05, 3.63) is 54.1 Å². The average molecular weight is 383 g/mol. The molecule has 0 spiro atoms. The Labute approximate surface area is 167 Å². The van der Waals surface area contributed by atoms with Gasteiger partial charge in [0.1, 0.15) is 5.75 Å². The van der Waals surface area contributed by atoms with Crippen LogP contribution in [0.5, 0.6) is 5.75 Å². The van der Waals surface area contributed by atoms with Gasteiger partial charge in [-0.05, 0) is 62.4 Å². The first-order valence-electron chi connectivity index (χ1n) is 9.55. The molecule has 2 aromatic carbocycles. The van der Waals surface area contributed by atoms with Crippen LogP contribution in [0.3, 0.4) is 0 Å². The lowest BCUT2D eigenvalue weighted by Crippen LogP contribution is -2.37. The molecule has 0 radical (unpaired) electrons. The number of benzene rings is 2. The summed E-state index contributed by atoms with van der Waals surface area (Å²) in [6.45, 7) is 8.40. The maximum atomic E-state index is 12.3. The number of hydrogen-bond acceptors (Lipinski definition) is 4. The summed E-state index contributed by atoms with van der Waals surface area (Å²) in [6, 6.07) is 14.8.